The summed E-state index contributed by atoms with van der Waals surface area (Å²) in [6, 6.07) is 14.4. The molecular formula is C23H22N4O5S2. The number of non-ortho nitro benzene ring substituents is 1. The van der Waals surface area contributed by atoms with Gasteiger partial charge in [-0.2, -0.15) is 4.31 Å². The molecule has 1 amide bonds. The van der Waals surface area contributed by atoms with E-state index in [4.69, 9.17) is 0 Å². The highest BCUT2D eigenvalue weighted by Crippen LogP contribution is 2.45. The van der Waals surface area contributed by atoms with E-state index in [1.807, 2.05) is 17.0 Å². The lowest BCUT2D eigenvalue weighted by Gasteiger charge is -2.43. The van der Waals surface area contributed by atoms with Crippen molar-refractivity contribution in [3.8, 4) is 0 Å². The van der Waals surface area contributed by atoms with Crippen LogP contribution in [0.5, 0.6) is 0 Å². The minimum absolute atomic E-state index is 0.0662. The first-order valence-electron chi connectivity index (χ1n) is 10.9. The number of nitro benzene ring substituents is 1. The van der Waals surface area contributed by atoms with Gasteiger partial charge >= 0.3 is 0 Å². The van der Waals surface area contributed by atoms with Crippen LogP contribution < -0.4 is 0 Å². The summed E-state index contributed by atoms with van der Waals surface area (Å²) in [6.45, 7) is 1.14. The van der Waals surface area contributed by atoms with Crippen LogP contribution in [0.15, 0.2) is 65.7 Å². The molecule has 3 heterocycles. The molecule has 2 saturated heterocycles. The van der Waals surface area contributed by atoms with E-state index < -0.39 is 19.8 Å². The van der Waals surface area contributed by atoms with Gasteiger partial charge in [0.15, 0.2) is 0 Å². The zero-order chi connectivity index (χ0) is 23.9. The molecule has 2 aliphatic heterocycles. The number of fused-ring (bicyclic) bond motifs is 1. The van der Waals surface area contributed by atoms with E-state index in [2.05, 4.69) is 4.98 Å². The van der Waals surface area contributed by atoms with E-state index in [-0.39, 0.29) is 16.5 Å². The summed E-state index contributed by atoms with van der Waals surface area (Å²) in [5.74, 6) is 0.577. The second-order valence-electron chi connectivity index (χ2n) is 8.29. The number of carbonyl (C=O) groups excluding carboxylic acids is 1. The Morgan fingerprint density at radius 2 is 1.74 bits per heavy atom. The summed E-state index contributed by atoms with van der Waals surface area (Å²) in [5, 5.41) is 11.7. The highest BCUT2D eigenvalue weighted by atomic mass is 32.2. The summed E-state index contributed by atoms with van der Waals surface area (Å²) >= 11 is 1.68. The number of hydrogen-bond acceptors (Lipinski definition) is 7. The van der Waals surface area contributed by atoms with Crippen LogP contribution in [-0.4, -0.2) is 63.7 Å². The number of thioether (sulfide) groups is 1. The Hall–Kier alpha value is -3.02. The van der Waals surface area contributed by atoms with Gasteiger partial charge in [-0.15, -0.1) is 11.8 Å². The van der Waals surface area contributed by atoms with E-state index in [1.165, 1.54) is 28.6 Å². The van der Waals surface area contributed by atoms with Crippen LogP contribution in [0, 0.1) is 10.1 Å². The number of amides is 1. The van der Waals surface area contributed by atoms with Gasteiger partial charge in [0.1, 0.15) is 4.90 Å². The van der Waals surface area contributed by atoms with Crippen LogP contribution in [0.1, 0.15) is 23.2 Å². The molecule has 0 N–H and O–H groups in total. The molecule has 1 spiro atoms. The van der Waals surface area contributed by atoms with Crippen LogP contribution in [-0.2, 0) is 10.0 Å². The summed E-state index contributed by atoms with van der Waals surface area (Å²) in [7, 11) is -3.74. The van der Waals surface area contributed by atoms with Crippen molar-refractivity contribution in [1.29, 1.82) is 0 Å². The Labute approximate surface area is 201 Å². The van der Waals surface area contributed by atoms with Crippen molar-refractivity contribution < 1.29 is 18.1 Å². The normalized spacial score (nSPS) is 18.4. The van der Waals surface area contributed by atoms with E-state index in [0.717, 1.165) is 11.1 Å². The van der Waals surface area contributed by atoms with Crippen molar-refractivity contribution in [3.63, 3.8) is 0 Å². The number of pyridine rings is 1. The van der Waals surface area contributed by atoms with Crippen molar-refractivity contribution in [1.82, 2.24) is 14.2 Å². The third-order valence-corrected chi connectivity index (χ3v) is 9.95. The molecule has 0 radical (unpaired) electrons. The highest BCUT2D eigenvalue weighted by molar-refractivity contribution is 8.00. The number of para-hydroxylation sites is 1. The van der Waals surface area contributed by atoms with Crippen molar-refractivity contribution in [2.24, 2.45) is 0 Å². The Balaban J connectivity index is 1.36. The number of hydrogen-bond donors (Lipinski definition) is 0. The number of nitrogens with zero attached hydrogens (tertiary/aromatic N) is 4. The molecule has 2 aromatic carbocycles. The summed E-state index contributed by atoms with van der Waals surface area (Å²) in [6.07, 6.45) is 2.60. The van der Waals surface area contributed by atoms with Gasteiger partial charge in [0.05, 0.1) is 15.3 Å². The fraction of sp³-hybridized carbons (Fsp3) is 0.304. The van der Waals surface area contributed by atoms with Crippen LogP contribution in [0.3, 0.4) is 0 Å². The zero-order valence-electron chi connectivity index (χ0n) is 18.2. The minimum atomic E-state index is -3.74. The van der Waals surface area contributed by atoms with Gasteiger partial charge in [-0.05, 0) is 37.1 Å². The zero-order valence-corrected chi connectivity index (χ0v) is 19.8. The van der Waals surface area contributed by atoms with Crippen molar-refractivity contribution in [2.75, 3.05) is 25.4 Å². The largest absolute Gasteiger partial charge is 0.323 e. The molecule has 176 valence electrons. The van der Waals surface area contributed by atoms with Crippen LogP contribution in [0.25, 0.3) is 10.9 Å². The summed E-state index contributed by atoms with van der Waals surface area (Å²) in [5.41, 5.74) is 0.781. The number of nitro groups is 1. The van der Waals surface area contributed by atoms with Gasteiger partial charge in [0, 0.05) is 54.7 Å². The Kier molecular flexibility index (Phi) is 5.78. The lowest BCUT2D eigenvalue weighted by Crippen LogP contribution is -2.53. The molecule has 34 heavy (non-hydrogen) atoms. The number of carbonyl (C=O) groups is 1. The highest BCUT2D eigenvalue weighted by Gasteiger charge is 2.48. The molecule has 0 atom stereocenters. The number of rotatable bonds is 4. The number of piperidine rings is 1. The maximum atomic E-state index is 13.5. The maximum Gasteiger partial charge on any atom is 0.269 e. The first-order chi connectivity index (χ1) is 16.3. The predicted octanol–water partition coefficient (Wildman–Crippen LogP) is 3.51. The molecule has 0 saturated carbocycles. The third-order valence-electron chi connectivity index (χ3n) is 6.46. The fourth-order valence-corrected chi connectivity index (χ4v) is 7.75. The molecule has 0 bridgehead atoms. The molecule has 11 heteroatoms. The Morgan fingerprint density at radius 3 is 2.44 bits per heavy atom. The average molecular weight is 499 g/mol. The standard InChI is InChI=1S/C23H22N4O5S2/c28-22(18-6-8-19(9-7-18)27(29)30)26-15-16-33-23(26)10-13-25(14-11-23)34(31,32)20-5-1-3-17-4-2-12-24-21(17)20/h1-9,12H,10-11,13-16H2. The molecule has 0 aliphatic carbocycles. The first-order valence-corrected chi connectivity index (χ1v) is 13.3. The maximum absolute atomic E-state index is 13.5. The fourth-order valence-electron chi connectivity index (χ4n) is 4.69. The van der Waals surface area contributed by atoms with E-state index in [1.54, 1.807) is 36.2 Å². The quantitative estimate of drug-likeness (QED) is 0.399. The molecule has 3 aromatic rings. The van der Waals surface area contributed by atoms with Crippen molar-refractivity contribution in [2.45, 2.75) is 22.6 Å². The van der Waals surface area contributed by atoms with Crippen LogP contribution in [0.2, 0.25) is 0 Å². The second-order valence-corrected chi connectivity index (χ2v) is 11.7. The van der Waals surface area contributed by atoms with Gasteiger partial charge in [-0.3, -0.25) is 19.9 Å². The van der Waals surface area contributed by atoms with Crippen LogP contribution >= 0.6 is 11.8 Å². The molecule has 9 nitrogen and oxygen atoms in total. The topological polar surface area (TPSA) is 114 Å². The SMILES string of the molecule is O=C(c1ccc([N+](=O)[O-])cc1)N1CCSC12CCN(S(=O)(=O)c1cccc3cccnc13)CC2. The van der Waals surface area contributed by atoms with Gasteiger partial charge in [0.25, 0.3) is 11.6 Å². The monoisotopic (exact) mass is 498 g/mol. The third kappa shape index (κ3) is 3.83. The van der Waals surface area contributed by atoms with Crippen molar-refractivity contribution >= 4 is 44.3 Å². The lowest BCUT2D eigenvalue weighted by molar-refractivity contribution is -0.384. The number of sulfonamides is 1. The number of benzene rings is 2. The van der Waals surface area contributed by atoms with Crippen molar-refractivity contribution in [3.05, 3.63) is 76.5 Å². The smallest absolute Gasteiger partial charge is 0.269 e. The molecule has 2 aliphatic rings. The summed E-state index contributed by atoms with van der Waals surface area (Å²) < 4.78 is 28.4. The predicted molar refractivity (Wildman–Crippen MR) is 129 cm³/mol. The molecule has 2 fully saturated rings. The summed E-state index contributed by atoms with van der Waals surface area (Å²) in [4.78, 5) is 29.5. The second kappa shape index (κ2) is 8.64. The van der Waals surface area contributed by atoms with Crippen LogP contribution in [0.4, 0.5) is 5.69 Å². The molecule has 5 rings (SSSR count). The van der Waals surface area contributed by atoms with Gasteiger partial charge in [-0.1, -0.05) is 18.2 Å². The van der Waals surface area contributed by atoms with E-state index >= 15 is 0 Å². The Bertz CT molecular complexity index is 1360. The van der Waals surface area contributed by atoms with Gasteiger partial charge in [-0.25, -0.2) is 8.42 Å². The molecule has 0 unspecified atom stereocenters. The number of aromatic nitrogens is 1. The average Bonchev–Trinajstić information content (AvgIpc) is 3.26. The van der Waals surface area contributed by atoms with Gasteiger partial charge < -0.3 is 4.90 Å². The lowest BCUT2D eigenvalue weighted by atomic mass is 10.0. The minimum Gasteiger partial charge on any atom is -0.323 e. The van der Waals surface area contributed by atoms with E-state index in [0.29, 0.717) is 43.6 Å². The molecule has 1 aromatic heterocycles. The Morgan fingerprint density at radius 1 is 1.03 bits per heavy atom. The van der Waals surface area contributed by atoms with E-state index in [9.17, 15) is 23.3 Å². The molecular weight excluding hydrogens is 476 g/mol. The first kappa shape index (κ1) is 22.8. The van der Waals surface area contributed by atoms with Gasteiger partial charge in [0.2, 0.25) is 10.0 Å².